The standard InChI is InChI=1S/C29H32ClN7O9S2/c1-14(27(42)43)46-36-19(18-22(30)48-29(31)34-18)24(40)33-20-25(41)37-21(28(44)45)17(12-47-26(20)37)9-5-3-7-15-6-2-4-8-16(11-10-15)23(39)35-32-13-38/h2,4,8,10-11,13-15,20,26H,3,5-7,9,12H2,1H3,(H2,31,34)(H,32,38)(H,33,40)(H,35,39)(H,42,43)(H,44,45)/b4-2?,11-10?,16-8?,36-19-/t14-,15?,20+,26+/m0/s1. The van der Waals surface area contributed by atoms with E-state index in [1.165, 1.54) is 18.7 Å². The molecular formula is C29H32ClN7O9S2. The average Bonchev–Trinajstić information content (AvgIpc) is 3.37. The van der Waals surface area contributed by atoms with E-state index in [1.54, 1.807) is 18.2 Å². The number of unbranched alkanes of at least 4 members (excludes halogenated alkanes) is 1. The summed E-state index contributed by atoms with van der Waals surface area (Å²) in [5, 5.41) is 24.6. The van der Waals surface area contributed by atoms with Gasteiger partial charge in [0, 0.05) is 11.3 Å². The van der Waals surface area contributed by atoms with E-state index in [-0.39, 0.29) is 26.8 Å². The number of β-lactam (4-membered cyclic amide) rings is 1. The summed E-state index contributed by atoms with van der Waals surface area (Å²) in [5.74, 6) is -4.17. The topological polar surface area (TPSA) is 243 Å². The number of hydrogen-bond donors (Lipinski definition) is 6. The van der Waals surface area contributed by atoms with Crippen LogP contribution < -0.4 is 21.9 Å². The monoisotopic (exact) mass is 721 g/mol. The molecule has 7 N–H and O–H groups in total. The van der Waals surface area contributed by atoms with E-state index in [0.29, 0.717) is 36.2 Å². The molecule has 1 unspecified atom stereocenters. The van der Waals surface area contributed by atoms with Gasteiger partial charge in [0.15, 0.2) is 10.8 Å². The van der Waals surface area contributed by atoms with Crippen LogP contribution in [0.25, 0.3) is 0 Å². The number of aliphatic carboxylic acids is 2. The number of halogens is 1. The van der Waals surface area contributed by atoms with Crippen LogP contribution in [0, 0.1) is 5.92 Å². The number of nitrogens with one attached hydrogen (secondary N) is 3. The highest BCUT2D eigenvalue weighted by molar-refractivity contribution is 8.00. The van der Waals surface area contributed by atoms with Gasteiger partial charge in [-0.25, -0.2) is 14.6 Å². The van der Waals surface area contributed by atoms with Crippen LogP contribution in [0.1, 0.15) is 44.7 Å². The van der Waals surface area contributed by atoms with Crippen molar-refractivity contribution in [3.63, 3.8) is 0 Å². The fourth-order valence-electron chi connectivity index (χ4n) is 4.99. The van der Waals surface area contributed by atoms with Gasteiger partial charge in [-0.15, -0.1) is 11.8 Å². The molecule has 0 bridgehead atoms. The van der Waals surface area contributed by atoms with Gasteiger partial charge in [0.1, 0.15) is 27.1 Å². The molecule has 3 aliphatic rings. The van der Waals surface area contributed by atoms with Gasteiger partial charge >= 0.3 is 11.9 Å². The number of fused-ring (bicyclic) bond motifs is 1. The Balaban J connectivity index is 1.38. The second kappa shape index (κ2) is 16.4. The first kappa shape index (κ1) is 36.2. The van der Waals surface area contributed by atoms with Crippen LogP contribution in [0.15, 0.2) is 52.4 Å². The molecule has 0 saturated carbocycles. The van der Waals surface area contributed by atoms with Crippen molar-refractivity contribution < 1.29 is 43.8 Å². The molecule has 0 spiro atoms. The highest BCUT2D eigenvalue weighted by Crippen LogP contribution is 2.42. The summed E-state index contributed by atoms with van der Waals surface area (Å²) in [6.07, 6.45) is 11.3. The van der Waals surface area contributed by atoms with Crippen molar-refractivity contribution in [3.8, 4) is 0 Å². The first-order chi connectivity index (χ1) is 22.9. The summed E-state index contributed by atoms with van der Waals surface area (Å²) >= 11 is 8.31. The maximum absolute atomic E-state index is 13.3. The number of thioether (sulfide) groups is 1. The van der Waals surface area contributed by atoms with Crippen LogP contribution >= 0.6 is 34.7 Å². The van der Waals surface area contributed by atoms with Gasteiger partial charge in [-0.1, -0.05) is 58.8 Å². The van der Waals surface area contributed by atoms with Gasteiger partial charge in [-0.2, -0.15) is 0 Å². The number of oxime groups is 1. The van der Waals surface area contributed by atoms with Crippen LogP contribution in [-0.4, -0.2) is 85.2 Å². The number of nitrogen functional groups attached to an aromatic ring is 1. The second-order valence-electron chi connectivity index (χ2n) is 10.7. The van der Waals surface area contributed by atoms with Crippen LogP contribution in [0.4, 0.5) is 5.13 Å². The Bertz CT molecular complexity index is 1640. The lowest BCUT2D eigenvalue weighted by molar-refractivity contribution is -0.150. The van der Waals surface area contributed by atoms with Gasteiger partial charge < -0.3 is 26.1 Å². The van der Waals surface area contributed by atoms with Crippen LogP contribution in [0.5, 0.6) is 0 Å². The van der Waals surface area contributed by atoms with Crippen molar-refractivity contribution in [1.82, 2.24) is 26.1 Å². The molecule has 19 heteroatoms. The number of hydrogen-bond acceptors (Lipinski definition) is 12. The Morgan fingerprint density at radius 3 is 2.73 bits per heavy atom. The number of rotatable bonds is 15. The third-order valence-electron chi connectivity index (χ3n) is 7.44. The minimum atomic E-state index is -1.42. The lowest BCUT2D eigenvalue weighted by Gasteiger charge is -2.49. The predicted molar refractivity (Wildman–Crippen MR) is 176 cm³/mol. The maximum Gasteiger partial charge on any atom is 0.352 e. The van der Waals surface area contributed by atoms with E-state index in [4.69, 9.17) is 27.3 Å². The lowest BCUT2D eigenvalue weighted by Crippen LogP contribution is -2.71. The number of anilines is 1. The number of allylic oxidation sites excluding steroid dienone is 4. The van der Waals surface area contributed by atoms with E-state index in [0.717, 1.165) is 35.5 Å². The fourth-order valence-corrected chi connectivity index (χ4v) is 7.31. The minimum absolute atomic E-state index is 0.0118. The molecular weight excluding hydrogens is 690 g/mol. The van der Waals surface area contributed by atoms with Crippen LogP contribution in [0.3, 0.4) is 0 Å². The number of nitrogens with two attached hydrogens (primary N) is 1. The fraction of sp³-hybridized carbons (Fsp3) is 0.379. The summed E-state index contributed by atoms with van der Waals surface area (Å²) in [7, 11) is 0. The zero-order valence-corrected chi connectivity index (χ0v) is 27.8. The molecule has 4 amide bonds. The SMILES string of the molecule is C[C@H](O/N=C(\C(=O)N[C@@H]1C(=O)N2C(C(=O)O)=C(CCCCC3C=CC(C(=O)NNC=O)=CC=CC3)CS[C@H]12)c1nc(N)sc1Cl)C(=O)O. The normalized spacial score (nSPS) is 21.2. The number of carboxylic acid groups (broad SMARTS) is 2. The summed E-state index contributed by atoms with van der Waals surface area (Å²) in [5.41, 5.74) is 10.3. The molecule has 4 atom stereocenters. The number of carboxylic acids is 2. The van der Waals surface area contributed by atoms with Crippen molar-refractivity contribution >= 4 is 81.6 Å². The third-order valence-corrected chi connectivity index (χ3v) is 9.86. The number of carbonyl (C=O) groups excluding carboxylic acids is 4. The first-order valence-electron chi connectivity index (χ1n) is 14.6. The predicted octanol–water partition coefficient (Wildman–Crippen LogP) is 1.71. The Morgan fingerprint density at radius 1 is 1.29 bits per heavy atom. The first-order valence-corrected chi connectivity index (χ1v) is 16.8. The summed E-state index contributed by atoms with van der Waals surface area (Å²) in [6.45, 7) is 1.20. The van der Waals surface area contributed by atoms with E-state index < -0.39 is 52.9 Å². The molecule has 48 heavy (non-hydrogen) atoms. The van der Waals surface area contributed by atoms with Crippen molar-refractivity contribution in [3.05, 3.63) is 57.3 Å². The number of thiazole rings is 1. The molecule has 16 nitrogen and oxygen atoms in total. The van der Waals surface area contributed by atoms with E-state index in [1.807, 2.05) is 12.2 Å². The van der Waals surface area contributed by atoms with E-state index >= 15 is 0 Å². The number of amides is 4. The summed E-state index contributed by atoms with van der Waals surface area (Å²) in [6, 6.07) is -1.11. The van der Waals surface area contributed by atoms with Gasteiger partial charge in [0.05, 0.1) is 0 Å². The smallest absolute Gasteiger partial charge is 0.352 e. The number of carbonyl (C=O) groups is 6. The van der Waals surface area contributed by atoms with Crippen LogP contribution in [0.2, 0.25) is 4.34 Å². The third kappa shape index (κ3) is 8.61. The molecule has 256 valence electrons. The van der Waals surface area contributed by atoms with Crippen molar-refractivity contribution in [1.29, 1.82) is 0 Å². The minimum Gasteiger partial charge on any atom is -0.478 e. The number of hydrazine groups is 1. The Morgan fingerprint density at radius 2 is 2.06 bits per heavy atom. The Labute approximate surface area is 287 Å². The molecule has 4 rings (SSSR count). The average molecular weight is 722 g/mol. The van der Waals surface area contributed by atoms with Gasteiger partial charge in [-0.3, -0.25) is 34.9 Å². The lowest BCUT2D eigenvalue weighted by atomic mass is 9.93. The molecule has 1 fully saturated rings. The van der Waals surface area contributed by atoms with Crippen molar-refractivity contribution in [2.75, 3.05) is 11.5 Å². The van der Waals surface area contributed by atoms with Crippen molar-refractivity contribution in [2.24, 2.45) is 11.1 Å². The summed E-state index contributed by atoms with van der Waals surface area (Å²) in [4.78, 5) is 82.6. The molecule has 1 aromatic heterocycles. The number of aromatic nitrogens is 1. The Kier molecular flexibility index (Phi) is 12.4. The molecule has 1 aliphatic carbocycles. The molecule has 3 heterocycles. The molecule has 0 radical (unpaired) electrons. The zero-order chi connectivity index (χ0) is 35.0. The zero-order valence-electron chi connectivity index (χ0n) is 25.4. The van der Waals surface area contributed by atoms with Gasteiger partial charge in [0.25, 0.3) is 17.7 Å². The second-order valence-corrected chi connectivity index (χ2v) is 13.4. The van der Waals surface area contributed by atoms with Gasteiger partial charge in [0.2, 0.25) is 12.5 Å². The van der Waals surface area contributed by atoms with E-state index in [9.17, 15) is 33.9 Å². The van der Waals surface area contributed by atoms with Crippen molar-refractivity contribution in [2.45, 2.75) is 56.5 Å². The quantitative estimate of drug-likeness (QED) is 0.0499. The maximum atomic E-state index is 13.3. The highest BCUT2D eigenvalue weighted by atomic mass is 35.5. The molecule has 0 aromatic carbocycles. The molecule has 1 aromatic rings. The van der Waals surface area contributed by atoms with Crippen LogP contribution in [-0.2, 0) is 33.6 Å². The highest BCUT2D eigenvalue weighted by Gasteiger charge is 2.54. The number of nitrogens with zero attached hydrogens (tertiary/aromatic N) is 3. The Hall–Kier alpha value is -4.68. The summed E-state index contributed by atoms with van der Waals surface area (Å²) < 4.78 is -0.0121. The largest absolute Gasteiger partial charge is 0.478 e. The molecule has 2 aliphatic heterocycles. The molecule has 1 saturated heterocycles. The van der Waals surface area contributed by atoms with E-state index in [2.05, 4.69) is 26.3 Å². The van der Waals surface area contributed by atoms with Gasteiger partial charge in [-0.05, 0) is 50.2 Å².